The minimum absolute atomic E-state index is 0.0791. The van der Waals surface area contributed by atoms with Crippen molar-refractivity contribution in [1.29, 1.82) is 0 Å². The van der Waals surface area contributed by atoms with Crippen LogP contribution in [-0.4, -0.2) is 20.1 Å². The number of nitrogens with one attached hydrogen (secondary N) is 1. The third-order valence-electron chi connectivity index (χ3n) is 2.92. The van der Waals surface area contributed by atoms with Crippen LogP contribution in [0.25, 0.3) is 0 Å². The molecule has 1 aliphatic carbocycles. The monoisotopic (exact) mass is 205 g/mol. The van der Waals surface area contributed by atoms with Crippen molar-refractivity contribution < 1.29 is 9.53 Å². The first-order valence-corrected chi connectivity index (χ1v) is 5.12. The Bertz CT molecular complexity index is 358. The highest BCUT2D eigenvalue weighted by Gasteiger charge is 2.44. The first-order valence-electron chi connectivity index (χ1n) is 5.12. The van der Waals surface area contributed by atoms with Crippen molar-refractivity contribution in [3.8, 4) is 0 Å². The van der Waals surface area contributed by atoms with Crippen LogP contribution < -0.4 is 5.32 Å². The molecule has 2 unspecified atom stereocenters. The second-order valence-electron chi connectivity index (χ2n) is 3.84. The van der Waals surface area contributed by atoms with Crippen molar-refractivity contribution in [3.63, 3.8) is 0 Å². The van der Waals surface area contributed by atoms with Crippen LogP contribution in [0.2, 0.25) is 0 Å². The zero-order valence-electron chi connectivity index (χ0n) is 8.99. The van der Waals surface area contributed by atoms with E-state index in [1.54, 1.807) is 0 Å². The third kappa shape index (κ3) is 1.96. The van der Waals surface area contributed by atoms with Gasteiger partial charge in [-0.15, -0.1) is 0 Å². The summed E-state index contributed by atoms with van der Waals surface area (Å²) < 4.78 is 4.72. The predicted molar refractivity (Wildman–Crippen MR) is 58.9 cm³/mol. The standard InChI is InChI=1S/C12H15NO2/c1-13-9-5-3-8(4-6-9)10-7-11(10)12(14)15-2/h3-6,10-11,13H,7H2,1-2H3. The SMILES string of the molecule is CNc1ccc(C2CC2C(=O)OC)cc1. The molecule has 80 valence electrons. The Balaban J connectivity index is 2.04. The molecular formula is C12H15NO2. The van der Waals surface area contributed by atoms with Crippen LogP contribution in [0.15, 0.2) is 24.3 Å². The Morgan fingerprint density at radius 2 is 2.07 bits per heavy atom. The molecule has 15 heavy (non-hydrogen) atoms. The van der Waals surface area contributed by atoms with E-state index in [1.165, 1.54) is 12.7 Å². The number of carbonyl (C=O) groups excluding carboxylic acids is 1. The zero-order valence-corrected chi connectivity index (χ0v) is 8.99. The van der Waals surface area contributed by atoms with Crippen molar-refractivity contribution in [2.75, 3.05) is 19.5 Å². The first kappa shape index (κ1) is 10.0. The summed E-state index contributed by atoms with van der Waals surface area (Å²) in [6.45, 7) is 0. The van der Waals surface area contributed by atoms with Crippen LogP contribution in [-0.2, 0) is 9.53 Å². The molecule has 0 bridgehead atoms. The maximum atomic E-state index is 11.2. The Morgan fingerprint density at radius 1 is 1.40 bits per heavy atom. The van der Waals surface area contributed by atoms with E-state index in [-0.39, 0.29) is 11.9 Å². The average Bonchev–Trinajstić information content (AvgIpc) is 3.08. The molecule has 1 saturated carbocycles. The summed E-state index contributed by atoms with van der Waals surface area (Å²) in [6, 6.07) is 8.20. The normalized spacial score (nSPS) is 23.3. The molecule has 1 fully saturated rings. The van der Waals surface area contributed by atoms with Gasteiger partial charge in [-0.05, 0) is 30.0 Å². The van der Waals surface area contributed by atoms with Gasteiger partial charge in [-0.2, -0.15) is 0 Å². The molecule has 2 atom stereocenters. The lowest BCUT2D eigenvalue weighted by Gasteiger charge is -2.02. The van der Waals surface area contributed by atoms with Gasteiger partial charge < -0.3 is 10.1 Å². The van der Waals surface area contributed by atoms with Gasteiger partial charge in [-0.3, -0.25) is 4.79 Å². The molecular weight excluding hydrogens is 190 g/mol. The lowest BCUT2D eigenvalue weighted by atomic mass is 10.1. The second-order valence-corrected chi connectivity index (χ2v) is 3.84. The van der Waals surface area contributed by atoms with Gasteiger partial charge in [0, 0.05) is 12.7 Å². The molecule has 0 aliphatic heterocycles. The van der Waals surface area contributed by atoms with E-state index < -0.39 is 0 Å². The average molecular weight is 205 g/mol. The van der Waals surface area contributed by atoms with Gasteiger partial charge >= 0.3 is 5.97 Å². The number of benzene rings is 1. The Hall–Kier alpha value is -1.51. The Morgan fingerprint density at radius 3 is 2.60 bits per heavy atom. The minimum atomic E-state index is -0.0855. The van der Waals surface area contributed by atoms with E-state index in [9.17, 15) is 4.79 Å². The van der Waals surface area contributed by atoms with Crippen LogP contribution in [0.4, 0.5) is 5.69 Å². The van der Waals surface area contributed by atoms with Crippen LogP contribution in [0, 0.1) is 5.92 Å². The van der Waals surface area contributed by atoms with E-state index >= 15 is 0 Å². The summed E-state index contributed by atoms with van der Waals surface area (Å²) in [7, 11) is 3.34. The van der Waals surface area contributed by atoms with Gasteiger partial charge in [0.05, 0.1) is 13.0 Å². The molecule has 3 heteroatoms. The molecule has 0 heterocycles. The summed E-state index contributed by atoms with van der Waals surface area (Å²) in [5.74, 6) is 0.358. The second kappa shape index (κ2) is 3.93. The molecule has 3 nitrogen and oxygen atoms in total. The number of carbonyl (C=O) groups is 1. The first-order chi connectivity index (χ1) is 7.26. The summed E-state index contributed by atoms with van der Waals surface area (Å²) in [5.41, 5.74) is 2.32. The highest BCUT2D eigenvalue weighted by molar-refractivity contribution is 5.77. The molecule has 1 aromatic rings. The fraction of sp³-hybridized carbons (Fsp3) is 0.417. The summed E-state index contributed by atoms with van der Waals surface area (Å²) >= 11 is 0. The van der Waals surface area contributed by atoms with Crippen LogP contribution in [0.3, 0.4) is 0 Å². The summed E-state index contributed by atoms with van der Waals surface area (Å²) in [5, 5.41) is 3.07. The number of rotatable bonds is 3. The fourth-order valence-electron chi connectivity index (χ4n) is 1.87. The predicted octanol–water partition coefficient (Wildman–Crippen LogP) is 2.00. The highest BCUT2D eigenvalue weighted by Crippen LogP contribution is 2.48. The zero-order chi connectivity index (χ0) is 10.8. The molecule has 0 saturated heterocycles. The van der Waals surface area contributed by atoms with Gasteiger partial charge in [0.1, 0.15) is 0 Å². The Kier molecular flexibility index (Phi) is 2.62. The third-order valence-corrected chi connectivity index (χ3v) is 2.92. The summed E-state index contributed by atoms with van der Waals surface area (Å²) in [4.78, 5) is 11.2. The number of hydrogen-bond acceptors (Lipinski definition) is 3. The maximum absolute atomic E-state index is 11.2. The topological polar surface area (TPSA) is 38.3 Å². The van der Waals surface area contributed by atoms with E-state index in [4.69, 9.17) is 4.74 Å². The number of esters is 1. The van der Waals surface area contributed by atoms with Crippen LogP contribution in [0.1, 0.15) is 17.9 Å². The van der Waals surface area contributed by atoms with E-state index in [0.29, 0.717) is 5.92 Å². The van der Waals surface area contributed by atoms with E-state index in [1.807, 2.05) is 19.2 Å². The number of methoxy groups -OCH3 is 1. The van der Waals surface area contributed by atoms with Crippen molar-refractivity contribution in [1.82, 2.24) is 0 Å². The molecule has 0 amide bonds. The molecule has 0 aromatic heterocycles. The Labute approximate surface area is 89.4 Å². The molecule has 0 spiro atoms. The molecule has 0 radical (unpaired) electrons. The lowest BCUT2D eigenvalue weighted by Crippen LogP contribution is -2.03. The highest BCUT2D eigenvalue weighted by atomic mass is 16.5. The molecule has 1 N–H and O–H groups in total. The summed E-state index contributed by atoms with van der Waals surface area (Å²) in [6.07, 6.45) is 0.922. The molecule has 1 aromatic carbocycles. The van der Waals surface area contributed by atoms with Gasteiger partial charge in [-0.1, -0.05) is 12.1 Å². The van der Waals surface area contributed by atoms with E-state index in [2.05, 4.69) is 17.4 Å². The smallest absolute Gasteiger partial charge is 0.309 e. The van der Waals surface area contributed by atoms with Gasteiger partial charge in [0.15, 0.2) is 0 Å². The van der Waals surface area contributed by atoms with Crippen molar-refractivity contribution in [3.05, 3.63) is 29.8 Å². The lowest BCUT2D eigenvalue weighted by molar-refractivity contribution is -0.142. The molecule has 2 rings (SSSR count). The van der Waals surface area contributed by atoms with Crippen molar-refractivity contribution in [2.45, 2.75) is 12.3 Å². The molecule has 1 aliphatic rings. The maximum Gasteiger partial charge on any atom is 0.309 e. The largest absolute Gasteiger partial charge is 0.469 e. The van der Waals surface area contributed by atoms with Gasteiger partial charge in [-0.25, -0.2) is 0 Å². The van der Waals surface area contributed by atoms with Crippen LogP contribution >= 0.6 is 0 Å². The number of ether oxygens (including phenoxy) is 1. The van der Waals surface area contributed by atoms with Crippen LogP contribution in [0.5, 0.6) is 0 Å². The van der Waals surface area contributed by atoms with Crippen molar-refractivity contribution >= 4 is 11.7 Å². The number of anilines is 1. The van der Waals surface area contributed by atoms with Gasteiger partial charge in [0.25, 0.3) is 0 Å². The minimum Gasteiger partial charge on any atom is -0.469 e. The fourth-order valence-corrected chi connectivity index (χ4v) is 1.87. The quantitative estimate of drug-likeness (QED) is 0.767. The number of hydrogen-bond donors (Lipinski definition) is 1. The van der Waals surface area contributed by atoms with E-state index in [0.717, 1.165) is 12.1 Å². The van der Waals surface area contributed by atoms with Crippen molar-refractivity contribution in [2.24, 2.45) is 5.92 Å². The van der Waals surface area contributed by atoms with Gasteiger partial charge in [0.2, 0.25) is 0 Å².